The lowest BCUT2D eigenvalue weighted by molar-refractivity contribution is -0.109. The van der Waals surface area contributed by atoms with Crippen LogP contribution < -0.4 is 10.6 Å². The smallest absolute Gasteiger partial charge is 0.207 e. The first-order chi connectivity index (χ1) is 11.1. The van der Waals surface area contributed by atoms with Gasteiger partial charge in [0.2, 0.25) is 6.41 Å². The zero-order chi connectivity index (χ0) is 18.9. The molecule has 0 radical (unpaired) electrons. The van der Waals surface area contributed by atoms with Gasteiger partial charge in [0.05, 0.1) is 0 Å². The first kappa shape index (κ1) is 23.4. The summed E-state index contributed by atoms with van der Waals surface area (Å²) in [6, 6.07) is 0. The Morgan fingerprint density at radius 1 is 1.12 bits per heavy atom. The van der Waals surface area contributed by atoms with Gasteiger partial charge in [-0.1, -0.05) is 34.1 Å². The predicted molar refractivity (Wildman–Crippen MR) is 105 cm³/mol. The first-order valence-corrected chi connectivity index (χ1v) is 9.62. The molecule has 4 heteroatoms. The van der Waals surface area contributed by atoms with Gasteiger partial charge in [0.15, 0.2) is 0 Å². The molecule has 144 valence electrons. The summed E-state index contributed by atoms with van der Waals surface area (Å²) in [6.45, 7) is 20.7. The van der Waals surface area contributed by atoms with E-state index < -0.39 is 0 Å². The Bertz CT molecular complexity index is 345. The van der Waals surface area contributed by atoms with E-state index in [9.17, 15) is 4.79 Å². The minimum absolute atomic E-state index is 0.315. The van der Waals surface area contributed by atoms with E-state index >= 15 is 0 Å². The lowest BCUT2D eigenvalue weighted by atomic mass is 9.74. The van der Waals surface area contributed by atoms with Crippen molar-refractivity contribution >= 4 is 6.41 Å². The molecule has 1 fully saturated rings. The summed E-state index contributed by atoms with van der Waals surface area (Å²) in [5.41, 5.74) is 1.27. The molecule has 1 aliphatic rings. The van der Waals surface area contributed by atoms with Crippen LogP contribution in [0.4, 0.5) is 0 Å². The maximum atomic E-state index is 9.29. The molecule has 0 saturated carbocycles. The van der Waals surface area contributed by atoms with Gasteiger partial charge in [0.1, 0.15) is 0 Å². The second kappa shape index (κ2) is 10.4. The highest BCUT2D eigenvalue weighted by molar-refractivity contribution is 5.45. The molecule has 4 nitrogen and oxygen atoms in total. The monoisotopic (exact) mass is 341 g/mol. The molecule has 0 spiro atoms. The molecule has 0 atom stereocenters. The largest absolute Gasteiger partial charge is 0.359 e. The Kier molecular flexibility index (Phi) is 10.1. The van der Waals surface area contributed by atoms with Gasteiger partial charge in [-0.25, -0.2) is 0 Å². The summed E-state index contributed by atoms with van der Waals surface area (Å²) in [5.74, 6) is 0. The maximum absolute atomic E-state index is 9.29. The van der Waals surface area contributed by atoms with Crippen LogP contribution in [-0.2, 0) is 4.79 Å². The van der Waals surface area contributed by atoms with E-state index in [0.717, 1.165) is 13.1 Å². The van der Waals surface area contributed by atoms with E-state index in [0.29, 0.717) is 22.8 Å². The molecular formula is C20H43N3O. The van der Waals surface area contributed by atoms with Crippen LogP contribution in [0.5, 0.6) is 0 Å². The lowest BCUT2D eigenvalue weighted by Crippen LogP contribution is -2.52. The van der Waals surface area contributed by atoms with E-state index in [4.69, 9.17) is 0 Å². The van der Waals surface area contributed by atoms with Gasteiger partial charge in [-0.05, 0) is 71.0 Å². The van der Waals surface area contributed by atoms with E-state index in [1.165, 1.54) is 38.8 Å². The third kappa shape index (κ3) is 8.48. The molecule has 0 bridgehead atoms. The highest BCUT2D eigenvalue weighted by atomic mass is 16.1. The van der Waals surface area contributed by atoms with Crippen molar-refractivity contribution in [1.29, 1.82) is 0 Å². The maximum Gasteiger partial charge on any atom is 0.207 e. The number of likely N-dealkylation sites (tertiary alicyclic amines) is 1. The molecule has 0 aromatic carbocycles. The fraction of sp³-hybridized carbons (Fsp3) is 0.950. The zero-order valence-electron chi connectivity index (χ0n) is 17.6. The number of nitrogens with one attached hydrogen (secondary N) is 2. The fourth-order valence-corrected chi connectivity index (χ4v) is 3.91. The molecule has 0 unspecified atom stereocenters. The van der Waals surface area contributed by atoms with Gasteiger partial charge >= 0.3 is 0 Å². The topological polar surface area (TPSA) is 44.4 Å². The number of hydrogen-bond donors (Lipinski definition) is 2. The van der Waals surface area contributed by atoms with Crippen molar-refractivity contribution in [2.45, 2.75) is 79.7 Å². The number of nitrogens with zero attached hydrogens (tertiary/aromatic N) is 1. The number of amides is 1. The Balaban J connectivity index is 0.000000922. The molecule has 0 aromatic rings. The minimum Gasteiger partial charge on any atom is -0.359 e. The van der Waals surface area contributed by atoms with Gasteiger partial charge in [-0.3, -0.25) is 9.69 Å². The Morgan fingerprint density at radius 2 is 1.67 bits per heavy atom. The van der Waals surface area contributed by atoms with E-state index in [1.54, 1.807) is 0 Å². The molecule has 0 aromatic heterocycles. The average molecular weight is 342 g/mol. The SMILES string of the molecule is CCC1(C)CCN(C(C)(C)CC(C)(C)CNC)CC1.CCNC=O. The number of rotatable bonds is 8. The lowest BCUT2D eigenvalue weighted by Gasteiger charge is -2.49. The summed E-state index contributed by atoms with van der Waals surface area (Å²) >= 11 is 0. The van der Waals surface area contributed by atoms with Crippen LogP contribution in [0.15, 0.2) is 0 Å². The van der Waals surface area contributed by atoms with Crippen LogP contribution in [0, 0.1) is 10.8 Å². The second-order valence-corrected chi connectivity index (χ2v) is 9.01. The first-order valence-electron chi connectivity index (χ1n) is 9.62. The van der Waals surface area contributed by atoms with Gasteiger partial charge in [0, 0.05) is 18.6 Å². The molecular weight excluding hydrogens is 298 g/mol. The second-order valence-electron chi connectivity index (χ2n) is 9.01. The van der Waals surface area contributed by atoms with Crippen LogP contribution in [-0.4, -0.2) is 50.1 Å². The quantitative estimate of drug-likeness (QED) is 0.662. The van der Waals surface area contributed by atoms with Crippen molar-refractivity contribution in [3.05, 3.63) is 0 Å². The molecule has 24 heavy (non-hydrogen) atoms. The summed E-state index contributed by atoms with van der Waals surface area (Å²) in [6.07, 6.45) is 5.98. The molecule has 2 N–H and O–H groups in total. The Morgan fingerprint density at radius 3 is 2.00 bits per heavy atom. The standard InChI is InChI=1S/C17H36N2.C3H7NO/c1-8-17(6)9-11-19(12-10-17)16(4,5)13-15(2,3)14-18-7;1-2-4-3-5/h18H,8-14H2,1-7H3;3H,2H2,1H3,(H,4,5). The third-order valence-electron chi connectivity index (χ3n) is 5.53. The number of carbonyl (C=O) groups is 1. The number of hydrogen-bond acceptors (Lipinski definition) is 3. The fourth-order valence-electron chi connectivity index (χ4n) is 3.91. The normalized spacial score (nSPS) is 18.5. The van der Waals surface area contributed by atoms with E-state index in [2.05, 4.69) is 64.1 Å². The summed E-state index contributed by atoms with van der Waals surface area (Å²) in [7, 11) is 2.06. The number of carbonyl (C=O) groups excluding carboxylic acids is 1. The summed E-state index contributed by atoms with van der Waals surface area (Å²) < 4.78 is 0. The van der Waals surface area contributed by atoms with Gasteiger partial charge < -0.3 is 10.6 Å². The van der Waals surface area contributed by atoms with E-state index in [1.807, 2.05) is 6.92 Å². The van der Waals surface area contributed by atoms with Crippen molar-refractivity contribution in [2.24, 2.45) is 10.8 Å². The molecule has 1 heterocycles. The average Bonchev–Trinajstić information content (AvgIpc) is 2.48. The van der Waals surface area contributed by atoms with Crippen LogP contribution in [0.3, 0.4) is 0 Å². The van der Waals surface area contributed by atoms with Crippen LogP contribution in [0.25, 0.3) is 0 Å². The highest BCUT2D eigenvalue weighted by Gasteiger charge is 2.37. The van der Waals surface area contributed by atoms with Crippen molar-refractivity contribution in [3.8, 4) is 0 Å². The number of piperidine rings is 1. The minimum atomic E-state index is 0.315. The van der Waals surface area contributed by atoms with Gasteiger partial charge in [0.25, 0.3) is 0 Å². The van der Waals surface area contributed by atoms with Crippen molar-refractivity contribution < 1.29 is 4.79 Å². The molecule has 1 aliphatic heterocycles. The van der Waals surface area contributed by atoms with Crippen LogP contribution in [0.1, 0.15) is 74.1 Å². The Hall–Kier alpha value is -0.610. The van der Waals surface area contributed by atoms with Crippen LogP contribution in [0.2, 0.25) is 0 Å². The van der Waals surface area contributed by atoms with Gasteiger partial charge in [-0.2, -0.15) is 0 Å². The zero-order valence-corrected chi connectivity index (χ0v) is 17.6. The van der Waals surface area contributed by atoms with Crippen molar-refractivity contribution in [3.63, 3.8) is 0 Å². The van der Waals surface area contributed by atoms with Gasteiger partial charge in [-0.15, -0.1) is 0 Å². The molecule has 0 aliphatic carbocycles. The third-order valence-corrected chi connectivity index (χ3v) is 5.53. The highest BCUT2D eigenvalue weighted by Crippen LogP contribution is 2.39. The molecule has 1 rings (SSSR count). The van der Waals surface area contributed by atoms with Crippen LogP contribution >= 0.6 is 0 Å². The molecule has 1 saturated heterocycles. The summed E-state index contributed by atoms with van der Waals surface area (Å²) in [4.78, 5) is 12.0. The summed E-state index contributed by atoms with van der Waals surface area (Å²) in [5, 5.41) is 5.77. The van der Waals surface area contributed by atoms with Crippen molar-refractivity contribution in [2.75, 3.05) is 33.2 Å². The van der Waals surface area contributed by atoms with Crippen molar-refractivity contribution in [1.82, 2.24) is 15.5 Å². The Labute approximate surface area is 151 Å². The molecule has 1 amide bonds. The predicted octanol–water partition coefficient (Wildman–Crippen LogP) is 3.67. The van der Waals surface area contributed by atoms with E-state index in [-0.39, 0.29) is 0 Å².